The largest absolute Gasteiger partial charge is 0.351 e. The fraction of sp³-hybridized carbons (Fsp3) is 0.400. The number of fused-ring (bicyclic) bond motifs is 1. The molecule has 1 saturated carbocycles. The molecule has 3 aromatic heterocycles. The number of anilines is 1. The van der Waals surface area contributed by atoms with Crippen molar-refractivity contribution in [2.75, 3.05) is 12.4 Å². The molecule has 0 atom stereocenters. The van der Waals surface area contributed by atoms with Gasteiger partial charge in [0.25, 0.3) is 0 Å². The molecular formula is C20H25N7. The first-order valence-corrected chi connectivity index (χ1v) is 9.40. The summed E-state index contributed by atoms with van der Waals surface area (Å²) in [4.78, 5) is 17.7. The Kier molecular flexibility index (Phi) is 4.85. The van der Waals surface area contributed by atoms with Crippen LogP contribution in [0.2, 0.25) is 0 Å². The molecule has 1 aliphatic rings. The lowest BCUT2D eigenvalue weighted by Gasteiger charge is -2.28. The lowest BCUT2D eigenvalue weighted by molar-refractivity contribution is 0.370. The third kappa shape index (κ3) is 3.68. The molecule has 2 N–H and O–H groups in total. The monoisotopic (exact) mass is 363 g/mol. The molecule has 0 bridgehead atoms. The van der Waals surface area contributed by atoms with E-state index in [1.54, 1.807) is 12.4 Å². The summed E-state index contributed by atoms with van der Waals surface area (Å²) < 4.78 is 1.88. The topological polar surface area (TPSA) is 80.0 Å². The van der Waals surface area contributed by atoms with Crippen LogP contribution in [-0.2, 0) is 0 Å². The summed E-state index contributed by atoms with van der Waals surface area (Å²) in [6.07, 6.45) is 13.9. The standard InChI is InChI=1S/C20H25N7/c1-13(15-10-24-20-22-8-9-27(20)12-15)18-11-23-19(25-14(18)2)26-17-6-4-16(21-3)5-7-17/h8-12,16-17,21H,1,4-7H2,2-3H3,(H,23,25,26). The van der Waals surface area contributed by atoms with E-state index in [9.17, 15) is 0 Å². The van der Waals surface area contributed by atoms with Crippen molar-refractivity contribution >= 4 is 17.3 Å². The maximum atomic E-state index is 4.67. The van der Waals surface area contributed by atoms with Crippen LogP contribution < -0.4 is 10.6 Å². The molecule has 0 unspecified atom stereocenters. The summed E-state index contributed by atoms with van der Waals surface area (Å²) in [5, 5.41) is 6.85. The minimum Gasteiger partial charge on any atom is -0.351 e. The number of rotatable bonds is 5. The van der Waals surface area contributed by atoms with Crippen molar-refractivity contribution in [2.24, 2.45) is 0 Å². The average Bonchev–Trinajstić information content (AvgIpc) is 3.16. The van der Waals surface area contributed by atoms with Crippen LogP contribution in [-0.4, -0.2) is 43.5 Å². The Balaban J connectivity index is 1.48. The average molecular weight is 363 g/mol. The third-order valence-electron chi connectivity index (χ3n) is 5.37. The van der Waals surface area contributed by atoms with Crippen LogP contribution in [0.15, 0.2) is 37.6 Å². The smallest absolute Gasteiger partial charge is 0.233 e. The van der Waals surface area contributed by atoms with Crippen LogP contribution in [0.1, 0.15) is 42.5 Å². The van der Waals surface area contributed by atoms with Gasteiger partial charge in [-0.05, 0) is 45.2 Å². The second-order valence-electron chi connectivity index (χ2n) is 7.13. The highest BCUT2D eigenvalue weighted by molar-refractivity contribution is 5.78. The number of imidazole rings is 1. The molecule has 0 radical (unpaired) electrons. The fourth-order valence-corrected chi connectivity index (χ4v) is 3.67. The SMILES string of the molecule is C=C(c1cnc2nccn2c1)c1cnc(NC2CCC(NC)CC2)nc1C. The van der Waals surface area contributed by atoms with Gasteiger partial charge in [-0.3, -0.25) is 4.40 Å². The quantitative estimate of drug-likeness (QED) is 0.726. The van der Waals surface area contributed by atoms with Crippen molar-refractivity contribution in [3.8, 4) is 0 Å². The molecule has 3 heterocycles. The second kappa shape index (κ2) is 7.44. The molecular weight excluding hydrogens is 338 g/mol. The van der Waals surface area contributed by atoms with E-state index < -0.39 is 0 Å². The molecule has 7 nitrogen and oxygen atoms in total. The van der Waals surface area contributed by atoms with E-state index in [1.165, 1.54) is 12.8 Å². The van der Waals surface area contributed by atoms with E-state index in [-0.39, 0.29) is 0 Å². The van der Waals surface area contributed by atoms with Crippen molar-refractivity contribution in [2.45, 2.75) is 44.7 Å². The summed E-state index contributed by atoms with van der Waals surface area (Å²) in [7, 11) is 2.04. The maximum absolute atomic E-state index is 4.67. The first-order chi connectivity index (χ1) is 13.1. The van der Waals surface area contributed by atoms with Gasteiger partial charge < -0.3 is 10.6 Å². The number of aromatic nitrogens is 5. The highest BCUT2D eigenvalue weighted by Crippen LogP contribution is 2.25. The van der Waals surface area contributed by atoms with E-state index in [4.69, 9.17) is 0 Å². The van der Waals surface area contributed by atoms with Crippen LogP contribution in [0.3, 0.4) is 0 Å². The van der Waals surface area contributed by atoms with Gasteiger partial charge in [0, 0.05) is 54.2 Å². The lowest BCUT2D eigenvalue weighted by atomic mass is 9.91. The molecule has 0 saturated heterocycles. The molecule has 1 aliphatic carbocycles. The molecule has 0 amide bonds. The third-order valence-corrected chi connectivity index (χ3v) is 5.37. The number of hydrogen-bond acceptors (Lipinski definition) is 6. The molecule has 27 heavy (non-hydrogen) atoms. The predicted molar refractivity (Wildman–Crippen MR) is 107 cm³/mol. The summed E-state index contributed by atoms with van der Waals surface area (Å²) in [6.45, 7) is 6.22. The molecule has 140 valence electrons. The van der Waals surface area contributed by atoms with Gasteiger partial charge in [0.2, 0.25) is 11.7 Å². The van der Waals surface area contributed by atoms with E-state index in [1.807, 2.05) is 37.0 Å². The van der Waals surface area contributed by atoms with E-state index in [2.05, 4.69) is 37.1 Å². The first-order valence-electron chi connectivity index (χ1n) is 9.40. The van der Waals surface area contributed by atoms with Gasteiger partial charge in [0.1, 0.15) is 0 Å². The number of nitrogens with zero attached hydrogens (tertiary/aromatic N) is 5. The van der Waals surface area contributed by atoms with Gasteiger partial charge in [-0.2, -0.15) is 0 Å². The zero-order valence-electron chi connectivity index (χ0n) is 15.8. The van der Waals surface area contributed by atoms with Crippen LogP contribution in [0.5, 0.6) is 0 Å². The van der Waals surface area contributed by atoms with Gasteiger partial charge in [-0.25, -0.2) is 19.9 Å². The highest BCUT2D eigenvalue weighted by Gasteiger charge is 2.20. The Bertz CT molecular complexity index is 954. The highest BCUT2D eigenvalue weighted by atomic mass is 15.1. The summed E-state index contributed by atoms with van der Waals surface area (Å²) in [5.74, 6) is 1.37. The van der Waals surface area contributed by atoms with E-state index >= 15 is 0 Å². The molecule has 0 aliphatic heterocycles. The second-order valence-corrected chi connectivity index (χ2v) is 7.13. The van der Waals surface area contributed by atoms with Gasteiger partial charge in [-0.1, -0.05) is 6.58 Å². The zero-order valence-corrected chi connectivity index (χ0v) is 15.8. The van der Waals surface area contributed by atoms with Gasteiger partial charge in [0.15, 0.2) is 0 Å². The fourth-order valence-electron chi connectivity index (χ4n) is 3.67. The molecule has 1 fully saturated rings. The molecule has 0 aromatic carbocycles. The minimum atomic E-state index is 0.441. The van der Waals surface area contributed by atoms with E-state index in [0.717, 1.165) is 35.2 Å². The number of aryl methyl sites for hydroxylation is 1. The normalized spacial score (nSPS) is 19.9. The Labute approximate surface area is 159 Å². The Morgan fingerprint density at radius 2 is 1.89 bits per heavy atom. The lowest BCUT2D eigenvalue weighted by Crippen LogP contribution is -2.35. The Hall–Kier alpha value is -2.80. The maximum Gasteiger partial charge on any atom is 0.233 e. The van der Waals surface area contributed by atoms with Crippen molar-refractivity contribution in [1.82, 2.24) is 29.7 Å². The van der Waals surface area contributed by atoms with Crippen LogP contribution in [0.4, 0.5) is 5.95 Å². The summed E-state index contributed by atoms with van der Waals surface area (Å²) in [5.41, 5.74) is 3.63. The van der Waals surface area contributed by atoms with Crippen LogP contribution >= 0.6 is 0 Å². The van der Waals surface area contributed by atoms with Crippen molar-refractivity contribution in [1.29, 1.82) is 0 Å². The Morgan fingerprint density at radius 3 is 2.63 bits per heavy atom. The minimum absolute atomic E-state index is 0.441. The molecule has 0 spiro atoms. The summed E-state index contributed by atoms with van der Waals surface area (Å²) >= 11 is 0. The van der Waals surface area contributed by atoms with Gasteiger partial charge >= 0.3 is 0 Å². The van der Waals surface area contributed by atoms with E-state index in [0.29, 0.717) is 23.8 Å². The van der Waals surface area contributed by atoms with Gasteiger partial charge in [-0.15, -0.1) is 0 Å². The Morgan fingerprint density at radius 1 is 1.11 bits per heavy atom. The van der Waals surface area contributed by atoms with Crippen LogP contribution in [0.25, 0.3) is 11.4 Å². The van der Waals surface area contributed by atoms with Crippen LogP contribution in [0, 0.1) is 6.92 Å². The first kappa shape index (κ1) is 17.6. The summed E-state index contributed by atoms with van der Waals surface area (Å²) in [6, 6.07) is 1.08. The van der Waals surface area contributed by atoms with Crippen molar-refractivity contribution < 1.29 is 0 Å². The number of nitrogens with one attached hydrogen (secondary N) is 2. The van der Waals surface area contributed by atoms with Gasteiger partial charge in [0.05, 0.1) is 5.69 Å². The van der Waals surface area contributed by atoms with Crippen molar-refractivity contribution in [3.05, 3.63) is 54.4 Å². The predicted octanol–water partition coefficient (Wildman–Crippen LogP) is 2.83. The molecule has 3 aromatic rings. The zero-order chi connectivity index (χ0) is 18.8. The molecule has 7 heteroatoms. The van der Waals surface area contributed by atoms with Crippen molar-refractivity contribution in [3.63, 3.8) is 0 Å². The number of hydrogen-bond donors (Lipinski definition) is 2. The molecule has 4 rings (SSSR count).